The molecule has 3 aromatic heterocycles. The van der Waals surface area contributed by atoms with Gasteiger partial charge in [0.2, 0.25) is 0 Å². The molecule has 0 atom stereocenters. The molecule has 0 radical (unpaired) electrons. The maximum Gasteiger partial charge on any atom is 0.0973 e. The molecule has 0 bridgehead atoms. The maximum atomic E-state index is 5.39. The zero-order chi connectivity index (χ0) is 54.1. The Kier molecular flexibility index (Phi) is 11.1. The Morgan fingerprint density at radius 2 is 0.500 bits per heavy atom. The Labute approximate surface area is 473 Å². The number of fused-ring (bicyclic) bond motifs is 9. The fourth-order valence-corrected chi connectivity index (χ4v) is 12.6. The summed E-state index contributed by atoms with van der Waals surface area (Å²) >= 11 is 0. The highest BCUT2D eigenvalue weighted by atomic mass is 15.2. The summed E-state index contributed by atoms with van der Waals surface area (Å²) in [5.41, 5.74) is 18.6. The molecule has 384 valence electrons. The molecule has 0 aliphatic heterocycles. The van der Waals surface area contributed by atoms with Gasteiger partial charge in [0.05, 0.1) is 67.2 Å². The monoisotopic (exact) mass is 1050 g/mol. The van der Waals surface area contributed by atoms with E-state index in [1.807, 2.05) is 24.3 Å². The third-order valence-electron chi connectivity index (χ3n) is 16.3. The predicted molar refractivity (Wildman–Crippen MR) is 343 cm³/mol. The van der Waals surface area contributed by atoms with Gasteiger partial charge in [-0.15, -0.1) is 0 Å². The molecule has 0 unspecified atom stereocenters. The van der Waals surface area contributed by atoms with Crippen molar-refractivity contribution in [1.82, 2.24) is 19.1 Å². The summed E-state index contributed by atoms with van der Waals surface area (Å²) in [6, 6.07) is 109. The zero-order valence-corrected chi connectivity index (χ0v) is 44.6. The van der Waals surface area contributed by atoms with Crippen molar-refractivity contribution in [2.45, 2.75) is 0 Å². The normalized spacial score (nSPS) is 11.7. The highest BCUT2D eigenvalue weighted by Gasteiger charge is 2.23. The quantitative estimate of drug-likeness (QED) is 0.137. The van der Waals surface area contributed by atoms with Gasteiger partial charge in [-0.25, -0.2) is 9.97 Å². The summed E-state index contributed by atoms with van der Waals surface area (Å²) in [5, 5.41) is 9.60. The van der Waals surface area contributed by atoms with Crippen LogP contribution in [0.2, 0.25) is 0 Å². The van der Waals surface area contributed by atoms with Gasteiger partial charge in [-0.05, 0) is 109 Å². The van der Waals surface area contributed by atoms with E-state index < -0.39 is 0 Å². The van der Waals surface area contributed by atoms with Gasteiger partial charge in [0.1, 0.15) is 0 Å². The van der Waals surface area contributed by atoms with Crippen molar-refractivity contribution < 1.29 is 0 Å². The fraction of sp³-hybridized carbons (Fsp3) is 0. The van der Waals surface area contributed by atoms with E-state index >= 15 is 0 Å². The van der Waals surface area contributed by atoms with E-state index in [1.54, 1.807) is 0 Å². The van der Waals surface area contributed by atoms with E-state index in [0.29, 0.717) is 0 Å². The molecule has 13 aromatic carbocycles. The molecule has 0 N–H and O–H groups in total. The highest BCUT2D eigenvalue weighted by Crippen LogP contribution is 2.46. The molecular formula is C76H50N6. The first kappa shape index (κ1) is 47.0. The molecule has 16 rings (SSSR count). The molecule has 6 heteroatoms. The van der Waals surface area contributed by atoms with Gasteiger partial charge in [-0.2, -0.15) is 0 Å². The summed E-state index contributed by atoms with van der Waals surface area (Å²) in [5.74, 6) is 0. The Bertz CT molecular complexity index is 4670. The van der Waals surface area contributed by atoms with Crippen LogP contribution in [0.1, 0.15) is 0 Å². The van der Waals surface area contributed by atoms with E-state index in [9.17, 15) is 0 Å². The van der Waals surface area contributed by atoms with Crippen molar-refractivity contribution in [3.63, 3.8) is 0 Å². The van der Waals surface area contributed by atoms with Crippen LogP contribution in [-0.4, -0.2) is 19.1 Å². The van der Waals surface area contributed by atoms with Gasteiger partial charge < -0.3 is 18.9 Å². The average Bonchev–Trinajstić information content (AvgIpc) is 4.28. The Balaban J connectivity index is 0.796. The lowest BCUT2D eigenvalue weighted by atomic mass is 10.0. The predicted octanol–water partition coefficient (Wildman–Crippen LogP) is 20.4. The molecule has 0 amide bonds. The molecular weight excluding hydrogens is 997 g/mol. The minimum absolute atomic E-state index is 0.816. The topological polar surface area (TPSA) is 42.1 Å². The van der Waals surface area contributed by atoms with E-state index in [-0.39, 0.29) is 0 Å². The van der Waals surface area contributed by atoms with Gasteiger partial charge in [0, 0.05) is 77.0 Å². The molecule has 0 saturated carbocycles. The molecule has 0 saturated heterocycles. The van der Waals surface area contributed by atoms with Crippen molar-refractivity contribution in [2.24, 2.45) is 0 Å². The molecule has 0 aliphatic carbocycles. The Morgan fingerprint density at radius 3 is 0.854 bits per heavy atom. The zero-order valence-electron chi connectivity index (χ0n) is 44.6. The number of hydrogen-bond acceptors (Lipinski definition) is 4. The molecule has 0 aliphatic rings. The number of anilines is 6. The minimum atomic E-state index is 0.816. The standard InChI is InChI=1S/C76H50N6/c1-3-21-53(22-4-1)79(71-47-49-73(63-27-9-7-25-61(63)71)81-67-35-17-11-29-57(67)58-30-12-18-36-68(58)81)55-43-39-51(40-44-55)75-76(78-66-34-16-15-33-65(66)77-75)52-41-45-56(46-42-52)80(54-23-5-2-6-24-54)72-48-50-74(64-28-10-8-26-62(64)72)82-69-37-19-13-31-59(69)60-32-14-20-38-70(60)82/h1-50H. The lowest BCUT2D eigenvalue weighted by Gasteiger charge is -2.28. The molecule has 0 fully saturated rings. The van der Waals surface area contributed by atoms with Crippen LogP contribution in [0.5, 0.6) is 0 Å². The first-order chi connectivity index (χ1) is 40.7. The van der Waals surface area contributed by atoms with Crippen molar-refractivity contribution in [3.8, 4) is 33.9 Å². The number of para-hydroxylation sites is 8. The number of benzene rings is 13. The Morgan fingerprint density at radius 1 is 0.220 bits per heavy atom. The van der Waals surface area contributed by atoms with Crippen LogP contribution in [0.3, 0.4) is 0 Å². The van der Waals surface area contributed by atoms with Crippen LogP contribution in [0.25, 0.3) is 110 Å². The molecule has 0 spiro atoms. The Hall–Kier alpha value is -11.1. The third kappa shape index (κ3) is 7.65. The second-order valence-electron chi connectivity index (χ2n) is 20.9. The first-order valence-corrected chi connectivity index (χ1v) is 27.9. The summed E-state index contributed by atoms with van der Waals surface area (Å²) < 4.78 is 4.84. The first-order valence-electron chi connectivity index (χ1n) is 27.9. The molecule has 82 heavy (non-hydrogen) atoms. The van der Waals surface area contributed by atoms with Gasteiger partial charge in [-0.1, -0.05) is 194 Å². The SMILES string of the molecule is c1ccc(N(c2ccc(-c3nc4ccccc4nc3-c3ccc(N(c4ccccc4)c4ccc(-n5c6ccccc6c6ccccc65)c5ccccc45)cc3)cc2)c2ccc(-n3c4ccccc4c4ccccc43)c3ccccc23)cc1. The van der Waals surface area contributed by atoms with Crippen LogP contribution in [0.4, 0.5) is 34.1 Å². The second-order valence-corrected chi connectivity index (χ2v) is 20.9. The molecule has 6 nitrogen and oxygen atoms in total. The molecule has 16 aromatic rings. The van der Waals surface area contributed by atoms with Crippen LogP contribution in [0, 0.1) is 0 Å². The second kappa shape index (κ2) is 19.4. The number of hydrogen-bond donors (Lipinski definition) is 0. The summed E-state index contributed by atoms with van der Waals surface area (Å²) in [7, 11) is 0. The summed E-state index contributed by atoms with van der Waals surface area (Å²) in [6.07, 6.45) is 0. The lowest BCUT2D eigenvalue weighted by Crippen LogP contribution is -2.11. The third-order valence-corrected chi connectivity index (χ3v) is 16.3. The van der Waals surface area contributed by atoms with Gasteiger partial charge >= 0.3 is 0 Å². The highest BCUT2D eigenvalue weighted by molar-refractivity contribution is 6.13. The van der Waals surface area contributed by atoms with Gasteiger partial charge in [0.25, 0.3) is 0 Å². The van der Waals surface area contributed by atoms with Gasteiger partial charge in [-0.3, -0.25) is 0 Å². The van der Waals surface area contributed by atoms with E-state index in [0.717, 1.165) is 89.8 Å². The maximum absolute atomic E-state index is 5.39. The largest absolute Gasteiger partial charge is 0.310 e. The number of aromatic nitrogens is 4. The van der Waals surface area contributed by atoms with Crippen molar-refractivity contribution >= 4 is 110 Å². The van der Waals surface area contributed by atoms with E-state index in [2.05, 4.69) is 298 Å². The number of rotatable bonds is 10. The van der Waals surface area contributed by atoms with Crippen LogP contribution in [-0.2, 0) is 0 Å². The van der Waals surface area contributed by atoms with Crippen LogP contribution >= 0.6 is 0 Å². The van der Waals surface area contributed by atoms with Crippen molar-refractivity contribution in [3.05, 3.63) is 303 Å². The smallest absolute Gasteiger partial charge is 0.0973 e. The minimum Gasteiger partial charge on any atom is -0.310 e. The lowest BCUT2D eigenvalue weighted by molar-refractivity contribution is 1.19. The van der Waals surface area contributed by atoms with Gasteiger partial charge in [0.15, 0.2) is 0 Å². The van der Waals surface area contributed by atoms with Crippen molar-refractivity contribution in [2.75, 3.05) is 9.80 Å². The van der Waals surface area contributed by atoms with E-state index in [1.165, 1.54) is 54.4 Å². The fourth-order valence-electron chi connectivity index (χ4n) is 12.6. The van der Waals surface area contributed by atoms with Crippen LogP contribution < -0.4 is 9.80 Å². The van der Waals surface area contributed by atoms with E-state index in [4.69, 9.17) is 9.97 Å². The number of nitrogens with zero attached hydrogens (tertiary/aromatic N) is 6. The van der Waals surface area contributed by atoms with Crippen LogP contribution in [0.15, 0.2) is 303 Å². The summed E-state index contributed by atoms with van der Waals surface area (Å²) in [4.78, 5) is 15.5. The molecule has 3 heterocycles. The average molecular weight is 1050 g/mol. The summed E-state index contributed by atoms with van der Waals surface area (Å²) in [6.45, 7) is 0. The van der Waals surface area contributed by atoms with Crippen molar-refractivity contribution in [1.29, 1.82) is 0 Å².